The first-order valence-electron chi connectivity index (χ1n) is 8.90. The molecule has 1 amide bonds. The van der Waals surface area contributed by atoms with Crippen LogP contribution in [-0.4, -0.2) is 39.1 Å². The lowest BCUT2D eigenvalue weighted by atomic mass is 9.71. The minimum Gasteiger partial charge on any atom is -0.479 e. The van der Waals surface area contributed by atoms with Crippen molar-refractivity contribution in [3.05, 3.63) is 48.0 Å². The first kappa shape index (κ1) is 18.4. The van der Waals surface area contributed by atoms with E-state index in [4.69, 9.17) is 0 Å². The summed E-state index contributed by atoms with van der Waals surface area (Å²) in [6, 6.07) is 13.1. The van der Waals surface area contributed by atoms with E-state index >= 15 is 0 Å². The molecule has 1 fully saturated rings. The average molecular weight is 355 g/mol. The van der Waals surface area contributed by atoms with Crippen LogP contribution in [-0.2, 0) is 9.59 Å². The largest absolute Gasteiger partial charge is 0.479 e. The number of carbonyl (C=O) groups excluding carboxylic acids is 1. The van der Waals surface area contributed by atoms with Crippen LogP contribution in [0.3, 0.4) is 0 Å². The van der Waals surface area contributed by atoms with Gasteiger partial charge in [0, 0.05) is 6.54 Å². The zero-order valence-electron chi connectivity index (χ0n) is 15.4. The van der Waals surface area contributed by atoms with Gasteiger partial charge in [0.1, 0.15) is 5.54 Å². The molecule has 1 aliphatic rings. The van der Waals surface area contributed by atoms with E-state index in [-0.39, 0.29) is 0 Å². The summed E-state index contributed by atoms with van der Waals surface area (Å²) in [5.74, 6) is -1.56. The summed E-state index contributed by atoms with van der Waals surface area (Å²) in [6.45, 7) is 5.83. The van der Waals surface area contributed by atoms with Crippen molar-refractivity contribution >= 4 is 22.6 Å². The molecule has 0 aromatic heterocycles. The van der Waals surface area contributed by atoms with Gasteiger partial charge >= 0.3 is 5.97 Å². The molecule has 0 saturated carbocycles. The summed E-state index contributed by atoms with van der Waals surface area (Å²) < 4.78 is 0. The Kier molecular flexibility index (Phi) is 4.53. The maximum Gasteiger partial charge on any atom is 0.330 e. The number of rotatable bonds is 3. The number of nitrogens with zero attached hydrogens (tertiary/aromatic N) is 1. The Hall–Kier alpha value is -2.40. The van der Waals surface area contributed by atoms with Gasteiger partial charge in [0.15, 0.2) is 6.10 Å². The molecule has 2 N–H and O–H groups in total. The summed E-state index contributed by atoms with van der Waals surface area (Å²) in [5.41, 5.74) is -1.47. The number of benzene rings is 2. The Bertz CT molecular complexity index is 854. The van der Waals surface area contributed by atoms with Gasteiger partial charge in [0.2, 0.25) is 0 Å². The van der Waals surface area contributed by atoms with Crippen LogP contribution in [0, 0.1) is 5.41 Å². The molecule has 26 heavy (non-hydrogen) atoms. The van der Waals surface area contributed by atoms with Crippen molar-refractivity contribution < 1.29 is 19.8 Å². The van der Waals surface area contributed by atoms with Crippen LogP contribution in [0.5, 0.6) is 0 Å². The van der Waals surface area contributed by atoms with Crippen LogP contribution in [0.25, 0.3) is 10.8 Å². The summed E-state index contributed by atoms with van der Waals surface area (Å²) in [4.78, 5) is 26.6. The van der Waals surface area contributed by atoms with E-state index in [9.17, 15) is 19.8 Å². The third kappa shape index (κ3) is 2.76. The quantitative estimate of drug-likeness (QED) is 0.885. The van der Waals surface area contributed by atoms with Gasteiger partial charge in [0.25, 0.3) is 5.91 Å². The molecule has 5 nitrogen and oxygen atoms in total. The standard InChI is InChI=1S/C21H25NO4/c1-20(2,3)21(19(25)26)11-6-12-22(21)18(24)17(23)16-10-9-14-7-4-5-8-15(14)13-16/h4-5,7-10,13,17,23H,6,11-12H2,1-3H3,(H,25,26)/t17?,21-/m0/s1. The molecule has 1 saturated heterocycles. The average Bonchev–Trinajstić information content (AvgIpc) is 3.06. The number of amides is 1. The lowest BCUT2D eigenvalue weighted by Gasteiger charge is -2.45. The molecule has 1 unspecified atom stereocenters. The Morgan fingerprint density at radius 2 is 1.77 bits per heavy atom. The highest BCUT2D eigenvalue weighted by atomic mass is 16.4. The second-order valence-electron chi connectivity index (χ2n) is 8.02. The molecule has 2 atom stereocenters. The molecule has 0 aliphatic carbocycles. The predicted molar refractivity (Wildman–Crippen MR) is 99.7 cm³/mol. The third-order valence-corrected chi connectivity index (χ3v) is 5.56. The number of hydrogen-bond acceptors (Lipinski definition) is 3. The van der Waals surface area contributed by atoms with Crippen LogP contribution in [0.15, 0.2) is 42.5 Å². The highest BCUT2D eigenvalue weighted by Gasteiger charge is 2.58. The predicted octanol–water partition coefficient (Wildman–Crippen LogP) is 3.37. The summed E-state index contributed by atoms with van der Waals surface area (Å²) in [6.07, 6.45) is -0.374. The van der Waals surface area contributed by atoms with Gasteiger partial charge in [-0.3, -0.25) is 4.79 Å². The summed E-state index contributed by atoms with van der Waals surface area (Å²) >= 11 is 0. The van der Waals surface area contributed by atoms with E-state index in [1.165, 1.54) is 4.90 Å². The molecule has 3 rings (SSSR count). The highest BCUT2D eigenvalue weighted by molar-refractivity contribution is 5.92. The lowest BCUT2D eigenvalue weighted by molar-refractivity contribution is -0.168. The van der Waals surface area contributed by atoms with Crippen LogP contribution in [0.1, 0.15) is 45.3 Å². The van der Waals surface area contributed by atoms with Gasteiger partial charge < -0.3 is 15.1 Å². The molecule has 138 valence electrons. The van der Waals surface area contributed by atoms with Crippen molar-refractivity contribution in [3.63, 3.8) is 0 Å². The number of aliphatic carboxylic acids is 1. The Morgan fingerprint density at radius 1 is 1.12 bits per heavy atom. The van der Waals surface area contributed by atoms with Crippen molar-refractivity contribution in [3.8, 4) is 0 Å². The van der Waals surface area contributed by atoms with E-state index < -0.39 is 28.9 Å². The van der Waals surface area contributed by atoms with Crippen LogP contribution < -0.4 is 0 Å². The van der Waals surface area contributed by atoms with Gasteiger partial charge in [-0.1, -0.05) is 57.2 Å². The lowest BCUT2D eigenvalue weighted by Crippen LogP contribution is -2.61. The molecule has 5 heteroatoms. The second-order valence-corrected chi connectivity index (χ2v) is 8.02. The van der Waals surface area contributed by atoms with Crippen molar-refractivity contribution in [2.75, 3.05) is 6.54 Å². The van der Waals surface area contributed by atoms with Crippen molar-refractivity contribution in [1.82, 2.24) is 4.90 Å². The number of aliphatic hydroxyl groups is 1. The number of fused-ring (bicyclic) bond motifs is 1. The number of carbonyl (C=O) groups is 2. The van der Waals surface area contributed by atoms with Crippen LogP contribution in [0.4, 0.5) is 0 Å². The van der Waals surface area contributed by atoms with Gasteiger partial charge in [-0.15, -0.1) is 0 Å². The molecular formula is C21H25NO4. The molecule has 1 aliphatic heterocycles. The van der Waals surface area contributed by atoms with E-state index in [2.05, 4.69) is 0 Å². The molecule has 0 radical (unpaired) electrons. The Morgan fingerprint density at radius 3 is 2.38 bits per heavy atom. The molecule has 2 aromatic rings. The SMILES string of the molecule is CC(C)(C)[C@@]1(C(=O)O)CCCN1C(=O)C(O)c1ccc2ccccc2c1. The molecule has 2 aromatic carbocycles. The first-order valence-corrected chi connectivity index (χ1v) is 8.90. The number of carboxylic acid groups (broad SMARTS) is 1. The zero-order valence-corrected chi connectivity index (χ0v) is 15.4. The molecule has 0 spiro atoms. The second kappa shape index (κ2) is 6.40. The fourth-order valence-corrected chi connectivity index (χ4v) is 4.11. The Balaban J connectivity index is 1.97. The number of carboxylic acids is 1. The number of aliphatic hydroxyl groups excluding tert-OH is 1. The fraction of sp³-hybridized carbons (Fsp3) is 0.429. The zero-order chi connectivity index (χ0) is 19.1. The topological polar surface area (TPSA) is 77.8 Å². The van der Waals surface area contributed by atoms with Crippen LogP contribution >= 0.6 is 0 Å². The van der Waals surface area contributed by atoms with Gasteiger partial charge in [-0.05, 0) is 40.7 Å². The van der Waals surface area contributed by atoms with Gasteiger partial charge in [-0.2, -0.15) is 0 Å². The molecule has 0 bridgehead atoms. The van der Waals surface area contributed by atoms with E-state index in [1.807, 2.05) is 51.1 Å². The molecular weight excluding hydrogens is 330 g/mol. The smallest absolute Gasteiger partial charge is 0.330 e. The minimum atomic E-state index is -1.38. The highest BCUT2D eigenvalue weighted by Crippen LogP contribution is 2.45. The third-order valence-electron chi connectivity index (χ3n) is 5.56. The van der Waals surface area contributed by atoms with Gasteiger partial charge in [0.05, 0.1) is 0 Å². The fourth-order valence-electron chi connectivity index (χ4n) is 4.11. The minimum absolute atomic E-state index is 0.340. The number of likely N-dealkylation sites (tertiary alicyclic amines) is 1. The Labute approximate surface area is 153 Å². The van der Waals surface area contributed by atoms with Crippen molar-refractivity contribution in [2.24, 2.45) is 5.41 Å². The monoisotopic (exact) mass is 355 g/mol. The number of hydrogen-bond donors (Lipinski definition) is 2. The normalized spacial score (nSPS) is 21.8. The maximum absolute atomic E-state index is 13.1. The van der Waals surface area contributed by atoms with Crippen molar-refractivity contribution in [2.45, 2.75) is 45.3 Å². The maximum atomic E-state index is 13.1. The first-order chi connectivity index (χ1) is 12.2. The van der Waals surface area contributed by atoms with Crippen LogP contribution in [0.2, 0.25) is 0 Å². The molecule has 1 heterocycles. The van der Waals surface area contributed by atoms with Gasteiger partial charge in [-0.25, -0.2) is 4.79 Å². The summed E-state index contributed by atoms with van der Waals surface area (Å²) in [7, 11) is 0. The van der Waals surface area contributed by atoms with E-state index in [0.29, 0.717) is 24.9 Å². The van der Waals surface area contributed by atoms with E-state index in [0.717, 1.165) is 10.8 Å². The summed E-state index contributed by atoms with van der Waals surface area (Å²) in [5, 5.41) is 22.6. The van der Waals surface area contributed by atoms with Crippen molar-refractivity contribution in [1.29, 1.82) is 0 Å². The van der Waals surface area contributed by atoms with E-state index in [1.54, 1.807) is 12.1 Å².